The van der Waals surface area contributed by atoms with Crippen LogP contribution in [0.2, 0.25) is 0 Å². The van der Waals surface area contributed by atoms with E-state index >= 15 is 0 Å². The van der Waals surface area contributed by atoms with Crippen molar-refractivity contribution in [3.05, 3.63) is 54.1 Å². The Hall–Kier alpha value is -2.01. The van der Waals surface area contributed by atoms with E-state index in [4.69, 9.17) is 4.74 Å². The van der Waals surface area contributed by atoms with Crippen molar-refractivity contribution in [2.24, 2.45) is 0 Å². The number of nitrogens with one attached hydrogen (secondary N) is 1. The summed E-state index contributed by atoms with van der Waals surface area (Å²) in [6, 6.07) is 13.9. The van der Waals surface area contributed by atoms with Gasteiger partial charge in [0.15, 0.2) is 0 Å². The van der Waals surface area contributed by atoms with E-state index in [9.17, 15) is 8.42 Å². The molecule has 0 aliphatic heterocycles. The summed E-state index contributed by atoms with van der Waals surface area (Å²) in [4.78, 5) is 0.123. The molecule has 5 heteroatoms. The topological polar surface area (TPSA) is 55.4 Å². The maximum absolute atomic E-state index is 12.5. The predicted molar refractivity (Wildman–Crippen MR) is 88.9 cm³/mol. The molecule has 0 fully saturated rings. The average molecular weight is 319 g/mol. The van der Waals surface area contributed by atoms with Crippen molar-refractivity contribution < 1.29 is 13.2 Å². The molecule has 2 aromatic carbocycles. The van der Waals surface area contributed by atoms with Crippen LogP contribution >= 0.6 is 0 Å². The highest BCUT2D eigenvalue weighted by atomic mass is 32.2. The zero-order valence-corrected chi connectivity index (χ0v) is 14.1. The lowest BCUT2D eigenvalue weighted by Crippen LogP contribution is -2.15. The number of anilines is 1. The van der Waals surface area contributed by atoms with Crippen LogP contribution in [0.1, 0.15) is 26.3 Å². The molecule has 1 N–H and O–H groups in total. The van der Waals surface area contributed by atoms with E-state index in [-0.39, 0.29) is 10.3 Å². The first kappa shape index (κ1) is 16.4. The van der Waals surface area contributed by atoms with Gasteiger partial charge in [0.1, 0.15) is 10.6 Å². The molecule has 0 bridgehead atoms. The van der Waals surface area contributed by atoms with Crippen molar-refractivity contribution in [3.63, 3.8) is 0 Å². The molecule has 0 radical (unpaired) electrons. The van der Waals surface area contributed by atoms with Crippen LogP contribution in [-0.2, 0) is 15.4 Å². The van der Waals surface area contributed by atoms with Gasteiger partial charge in [0.2, 0.25) is 0 Å². The van der Waals surface area contributed by atoms with Gasteiger partial charge >= 0.3 is 0 Å². The summed E-state index contributed by atoms with van der Waals surface area (Å²) in [6.45, 7) is 6.34. The summed E-state index contributed by atoms with van der Waals surface area (Å²) >= 11 is 0. The van der Waals surface area contributed by atoms with Gasteiger partial charge in [0, 0.05) is 5.69 Å². The van der Waals surface area contributed by atoms with Crippen LogP contribution in [0.4, 0.5) is 5.69 Å². The lowest BCUT2D eigenvalue weighted by Gasteiger charge is -2.19. The summed E-state index contributed by atoms with van der Waals surface area (Å²) in [5.74, 6) is 0.321. The number of sulfonamides is 1. The highest BCUT2D eigenvalue weighted by molar-refractivity contribution is 7.92. The first-order chi connectivity index (χ1) is 10.2. The highest BCUT2D eigenvalue weighted by Crippen LogP contribution is 2.27. The van der Waals surface area contributed by atoms with Crippen molar-refractivity contribution in [2.75, 3.05) is 11.8 Å². The lowest BCUT2D eigenvalue weighted by atomic mass is 9.87. The fraction of sp³-hybridized carbons (Fsp3) is 0.294. The summed E-state index contributed by atoms with van der Waals surface area (Å²) in [5, 5.41) is 0. The van der Waals surface area contributed by atoms with Crippen LogP contribution in [0.5, 0.6) is 5.75 Å². The molecule has 4 nitrogen and oxygen atoms in total. The molecular formula is C17H21NO3S. The van der Waals surface area contributed by atoms with E-state index in [0.717, 1.165) is 5.56 Å². The SMILES string of the molecule is COc1ccccc1S(=O)(=O)Nc1ccc(C(C)(C)C)cc1. The molecule has 118 valence electrons. The minimum Gasteiger partial charge on any atom is -0.495 e. The molecule has 0 saturated carbocycles. The van der Waals surface area contributed by atoms with E-state index < -0.39 is 10.0 Å². The maximum atomic E-state index is 12.5. The quantitative estimate of drug-likeness (QED) is 0.932. The Morgan fingerprint density at radius 2 is 1.55 bits per heavy atom. The maximum Gasteiger partial charge on any atom is 0.265 e. The predicted octanol–water partition coefficient (Wildman–Crippen LogP) is 3.79. The molecule has 0 amide bonds. The molecule has 0 saturated heterocycles. The Morgan fingerprint density at radius 1 is 0.955 bits per heavy atom. The third-order valence-electron chi connectivity index (χ3n) is 3.36. The van der Waals surface area contributed by atoms with E-state index in [1.54, 1.807) is 30.3 Å². The van der Waals surface area contributed by atoms with E-state index in [1.165, 1.54) is 13.2 Å². The van der Waals surface area contributed by atoms with Crippen LogP contribution in [0.25, 0.3) is 0 Å². The molecule has 0 aliphatic rings. The molecule has 2 aromatic rings. The van der Waals surface area contributed by atoms with Gasteiger partial charge in [-0.15, -0.1) is 0 Å². The Bertz CT molecular complexity index is 744. The van der Waals surface area contributed by atoms with Gasteiger partial charge < -0.3 is 4.74 Å². The third kappa shape index (κ3) is 3.60. The molecular weight excluding hydrogens is 298 g/mol. The van der Waals surface area contributed by atoms with Gasteiger partial charge in [-0.25, -0.2) is 8.42 Å². The van der Waals surface area contributed by atoms with Crippen LogP contribution in [0.3, 0.4) is 0 Å². The average Bonchev–Trinajstić information content (AvgIpc) is 2.46. The van der Waals surface area contributed by atoms with Gasteiger partial charge in [-0.2, -0.15) is 0 Å². The minimum atomic E-state index is -3.68. The first-order valence-corrected chi connectivity index (χ1v) is 8.49. The monoisotopic (exact) mass is 319 g/mol. The fourth-order valence-corrected chi connectivity index (χ4v) is 3.32. The second-order valence-corrected chi connectivity index (χ2v) is 7.73. The zero-order chi connectivity index (χ0) is 16.4. The van der Waals surface area contributed by atoms with Gasteiger partial charge in [0.05, 0.1) is 7.11 Å². The van der Waals surface area contributed by atoms with Crippen molar-refractivity contribution in [1.29, 1.82) is 0 Å². The zero-order valence-electron chi connectivity index (χ0n) is 13.3. The van der Waals surface area contributed by atoms with Crippen LogP contribution in [0, 0.1) is 0 Å². The second kappa shape index (κ2) is 6.01. The molecule has 0 atom stereocenters. The number of methoxy groups -OCH3 is 1. The van der Waals surface area contributed by atoms with Gasteiger partial charge in [-0.05, 0) is 35.2 Å². The van der Waals surface area contributed by atoms with Crippen molar-refractivity contribution >= 4 is 15.7 Å². The molecule has 0 spiro atoms. The summed E-state index contributed by atoms with van der Waals surface area (Å²) in [5.41, 5.74) is 1.70. The normalized spacial score (nSPS) is 12.0. The number of hydrogen-bond acceptors (Lipinski definition) is 3. The lowest BCUT2D eigenvalue weighted by molar-refractivity contribution is 0.403. The van der Waals surface area contributed by atoms with Gasteiger partial charge in [0.25, 0.3) is 10.0 Å². The molecule has 0 aromatic heterocycles. The molecule has 22 heavy (non-hydrogen) atoms. The van der Waals surface area contributed by atoms with Crippen LogP contribution in [-0.4, -0.2) is 15.5 Å². The number of para-hydroxylation sites is 1. The molecule has 2 rings (SSSR count). The van der Waals surface area contributed by atoms with E-state index in [0.29, 0.717) is 11.4 Å². The summed E-state index contributed by atoms with van der Waals surface area (Å²) < 4.78 is 32.6. The van der Waals surface area contributed by atoms with Crippen molar-refractivity contribution in [3.8, 4) is 5.75 Å². The van der Waals surface area contributed by atoms with E-state index in [2.05, 4.69) is 25.5 Å². The Labute approximate surface area is 132 Å². The molecule has 0 heterocycles. The highest BCUT2D eigenvalue weighted by Gasteiger charge is 2.19. The second-order valence-electron chi connectivity index (χ2n) is 6.08. The fourth-order valence-electron chi connectivity index (χ4n) is 2.09. The number of ether oxygens (including phenoxy) is 1. The van der Waals surface area contributed by atoms with E-state index in [1.807, 2.05) is 12.1 Å². The largest absolute Gasteiger partial charge is 0.495 e. The van der Waals surface area contributed by atoms with Gasteiger partial charge in [-0.1, -0.05) is 45.0 Å². The number of hydrogen-bond donors (Lipinski definition) is 1. The summed E-state index contributed by atoms with van der Waals surface area (Å²) in [6.07, 6.45) is 0. The van der Waals surface area contributed by atoms with Crippen molar-refractivity contribution in [1.82, 2.24) is 0 Å². The smallest absolute Gasteiger partial charge is 0.265 e. The first-order valence-electron chi connectivity index (χ1n) is 7.00. The Kier molecular flexibility index (Phi) is 4.47. The Balaban J connectivity index is 2.29. The number of rotatable bonds is 4. The van der Waals surface area contributed by atoms with Gasteiger partial charge in [-0.3, -0.25) is 4.72 Å². The Morgan fingerprint density at radius 3 is 2.09 bits per heavy atom. The van der Waals surface area contributed by atoms with Crippen molar-refractivity contribution in [2.45, 2.75) is 31.1 Å². The molecule has 0 aliphatic carbocycles. The van der Waals surface area contributed by atoms with Crippen LogP contribution < -0.4 is 9.46 Å². The third-order valence-corrected chi connectivity index (χ3v) is 4.78. The summed E-state index contributed by atoms with van der Waals surface area (Å²) in [7, 11) is -2.23. The standard InChI is InChI=1S/C17H21NO3S/c1-17(2,3)13-9-11-14(12-10-13)18-22(19,20)16-8-6-5-7-15(16)21-4/h5-12,18H,1-4H3. The number of benzene rings is 2. The molecule has 0 unspecified atom stereocenters. The van der Waals surface area contributed by atoms with Crippen LogP contribution in [0.15, 0.2) is 53.4 Å². The minimum absolute atomic E-state index is 0.0278.